The van der Waals surface area contributed by atoms with Crippen LogP contribution in [0.1, 0.15) is 44.8 Å². The summed E-state index contributed by atoms with van der Waals surface area (Å²) in [5, 5.41) is 0.932. The third kappa shape index (κ3) is 2.85. The minimum atomic E-state index is -1.57. The van der Waals surface area contributed by atoms with Gasteiger partial charge in [0.25, 0.3) is 5.91 Å². The number of hydrogen-bond acceptors (Lipinski definition) is 3. The molecular formula is C16H15F3N2OS. The van der Waals surface area contributed by atoms with Crippen LogP contribution in [0.2, 0.25) is 0 Å². The van der Waals surface area contributed by atoms with E-state index >= 15 is 0 Å². The predicted octanol–water partition coefficient (Wildman–Crippen LogP) is 4.02. The van der Waals surface area contributed by atoms with Crippen molar-refractivity contribution in [1.29, 1.82) is 0 Å². The molecule has 1 atom stereocenters. The lowest BCUT2D eigenvalue weighted by molar-refractivity contribution is 0.0716. The molecule has 1 aromatic carbocycles. The van der Waals surface area contributed by atoms with E-state index in [-0.39, 0.29) is 11.6 Å². The van der Waals surface area contributed by atoms with Gasteiger partial charge in [-0.2, -0.15) is 0 Å². The van der Waals surface area contributed by atoms with Gasteiger partial charge < -0.3 is 4.90 Å². The van der Waals surface area contributed by atoms with Crippen molar-refractivity contribution in [1.82, 2.24) is 9.88 Å². The third-order valence-corrected chi connectivity index (χ3v) is 5.16. The molecule has 3 rings (SSSR count). The lowest BCUT2D eigenvalue weighted by Crippen LogP contribution is -2.33. The fourth-order valence-corrected chi connectivity index (χ4v) is 4.06. The molecule has 7 heteroatoms. The van der Waals surface area contributed by atoms with E-state index in [4.69, 9.17) is 0 Å². The van der Waals surface area contributed by atoms with E-state index in [0.717, 1.165) is 47.0 Å². The first-order chi connectivity index (χ1) is 10.9. The van der Waals surface area contributed by atoms with Crippen molar-refractivity contribution in [2.45, 2.75) is 32.2 Å². The standard InChI is InChI=1S/C16H15F3N2OS/c1-8-20-12-4-3-5-13(15(12)23-8)21(2)16(22)9-6-10(17)14(19)11(18)7-9/h6-7,13H,3-5H2,1-2H3. The van der Waals surface area contributed by atoms with Gasteiger partial charge in [-0.15, -0.1) is 11.3 Å². The van der Waals surface area contributed by atoms with Gasteiger partial charge in [0.05, 0.1) is 21.6 Å². The first-order valence-electron chi connectivity index (χ1n) is 7.26. The zero-order chi connectivity index (χ0) is 16.7. The SMILES string of the molecule is Cc1nc2c(s1)C(N(C)C(=O)c1cc(F)c(F)c(F)c1)CCC2. The molecule has 0 saturated carbocycles. The summed E-state index contributed by atoms with van der Waals surface area (Å²) in [6, 6.07) is 1.30. The van der Waals surface area contributed by atoms with Crippen molar-refractivity contribution in [3.63, 3.8) is 0 Å². The van der Waals surface area contributed by atoms with Crippen LogP contribution in [0.4, 0.5) is 13.2 Å². The van der Waals surface area contributed by atoms with Crippen LogP contribution in [0.25, 0.3) is 0 Å². The fourth-order valence-electron chi connectivity index (χ4n) is 2.91. The van der Waals surface area contributed by atoms with Gasteiger partial charge in [0.15, 0.2) is 17.5 Å². The minimum Gasteiger partial charge on any atom is -0.334 e. The molecule has 1 aromatic heterocycles. The quantitative estimate of drug-likeness (QED) is 0.774. The Hall–Kier alpha value is -1.89. The summed E-state index contributed by atoms with van der Waals surface area (Å²) in [5.74, 6) is -4.83. The highest BCUT2D eigenvalue weighted by Gasteiger charge is 2.30. The Labute approximate surface area is 135 Å². The largest absolute Gasteiger partial charge is 0.334 e. The Kier molecular flexibility index (Phi) is 4.14. The van der Waals surface area contributed by atoms with Gasteiger partial charge in [-0.25, -0.2) is 18.2 Å². The first kappa shape index (κ1) is 16.0. The van der Waals surface area contributed by atoms with E-state index in [0.29, 0.717) is 0 Å². The van der Waals surface area contributed by atoms with Gasteiger partial charge in [-0.1, -0.05) is 0 Å². The van der Waals surface area contributed by atoms with Crippen molar-refractivity contribution in [3.05, 3.63) is 50.7 Å². The van der Waals surface area contributed by atoms with Gasteiger partial charge in [0.2, 0.25) is 0 Å². The average molecular weight is 340 g/mol. The Balaban J connectivity index is 1.92. The van der Waals surface area contributed by atoms with Gasteiger partial charge in [-0.05, 0) is 38.3 Å². The Morgan fingerprint density at radius 3 is 2.61 bits per heavy atom. The molecule has 1 amide bonds. The van der Waals surface area contributed by atoms with Gasteiger partial charge in [0, 0.05) is 12.6 Å². The van der Waals surface area contributed by atoms with Crippen LogP contribution in [0.15, 0.2) is 12.1 Å². The molecule has 0 bridgehead atoms. The number of carbonyl (C=O) groups is 1. The number of aryl methyl sites for hydroxylation is 2. The Bertz CT molecular complexity index is 752. The number of aromatic nitrogens is 1. The summed E-state index contributed by atoms with van der Waals surface area (Å²) in [6.45, 7) is 1.91. The first-order valence-corrected chi connectivity index (χ1v) is 8.08. The highest BCUT2D eigenvalue weighted by atomic mass is 32.1. The topological polar surface area (TPSA) is 33.2 Å². The summed E-state index contributed by atoms with van der Waals surface area (Å²) in [5.41, 5.74) is 0.789. The van der Waals surface area contributed by atoms with E-state index in [2.05, 4.69) is 4.98 Å². The normalized spacial score (nSPS) is 17.0. The maximum atomic E-state index is 13.4. The van der Waals surface area contributed by atoms with E-state index in [9.17, 15) is 18.0 Å². The summed E-state index contributed by atoms with van der Waals surface area (Å²) in [7, 11) is 1.59. The smallest absolute Gasteiger partial charge is 0.254 e. The molecule has 3 nitrogen and oxygen atoms in total. The van der Waals surface area contributed by atoms with Gasteiger partial charge in [0.1, 0.15) is 0 Å². The number of hydrogen-bond donors (Lipinski definition) is 0. The van der Waals surface area contributed by atoms with Crippen LogP contribution in [0.5, 0.6) is 0 Å². The summed E-state index contributed by atoms with van der Waals surface area (Å²) < 4.78 is 39.8. The van der Waals surface area contributed by atoms with Crippen molar-refractivity contribution >= 4 is 17.2 Å². The molecule has 1 aliphatic carbocycles. The summed E-state index contributed by atoms with van der Waals surface area (Å²) in [6.07, 6.45) is 2.53. The number of carbonyl (C=O) groups excluding carboxylic acids is 1. The minimum absolute atomic E-state index is 0.173. The van der Waals surface area contributed by atoms with Crippen molar-refractivity contribution in [3.8, 4) is 0 Å². The van der Waals surface area contributed by atoms with E-state index < -0.39 is 23.4 Å². The predicted molar refractivity (Wildman–Crippen MR) is 80.9 cm³/mol. The Morgan fingerprint density at radius 2 is 1.96 bits per heavy atom. The molecule has 0 radical (unpaired) electrons. The van der Waals surface area contributed by atoms with Crippen LogP contribution in [0, 0.1) is 24.4 Å². The van der Waals surface area contributed by atoms with Crippen molar-refractivity contribution < 1.29 is 18.0 Å². The molecule has 2 aromatic rings. The maximum Gasteiger partial charge on any atom is 0.254 e. The molecule has 0 saturated heterocycles. The monoisotopic (exact) mass is 340 g/mol. The number of benzene rings is 1. The molecule has 0 spiro atoms. The van der Waals surface area contributed by atoms with Crippen molar-refractivity contribution in [2.24, 2.45) is 0 Å². The number of thiazole rings is 1. The molecule has 0 N–H and O–H groups in total. The number of fused-ring (bicyclic) bond motifs is 1. The molecule has 122 valence electrons. The number of nitrogens with zero attached hydrogens (tertiary/aromatic N) is 2. The molecule has 0 fully saturated rings. The maximum absolute atomic E-state index is 13.4. The number of rotatable bonds is 2. The second-order valence-corrected chi connectivity index (χ2v) is 6.86. The average Bonchev–Trinajstić information content (AvgIpc) is 2.90. The highest BCUT2D eigenvalue weighted by molar-refractivity contribution is 7.11. The van der Waals surface area contributed by atoms with Crippen molar-refractivity contribution in [2.75, 3.05) is 7.05 Å². The van der Waals surface area contributed by atoms with Crippen LogP contribution in [-0.4, -0.2) is 22.8 Å². The van der Waals surface area contributed by atoms with Crippen LogP contribution < -0.4 is 0 Å². The van der Waals surface area contributed by atoms with E-state index in [1.807, 2.05) is 6.92 Å². The summed E-state index contributed by atoms with van der Waals surface area (Å²) in [4.78, 5) is 19.5. The second kappa shape index (κ2) is 5.96. The van der Waals surface area contributed by atoms with Gasteiger partial charge >= 0.3 is 0 Å². The summed E-state index contributed by atoms with van der Waals surface area (Å²) >= 11 is 1.53. The van der Waals surface area contributed by atoms with Crippen LogP contribution in [-0.2, 0) is 6.42 Å². The molecule has 1 aliphatic rings. The zero-order valence-corrected chi connectivity index (χ0v) is 13.5. The number of amides is 1. The van der Waals surface area contributed by atoms with E-state index in [1.165, 1.54) is 16.2 Å². The lowest BCUT2D eigenvalue weighted by atomic mass is 9.96. The fraction of sp³-hybridized carbons (Fsp3) is 0.375. The number of halogens is 3. The molecule has 0 aliphatic heterocycles. The second-order valence-electron chi connectivity index (χ2n) is 5.62. The third-order valence-electron chi connectivity index (χ3n) is 4.05. The Morgan fingerprint density at radius 1 is 1.30 bits per heavy atom. The highest BCUT2D eigenvalue weighted by Crippen LogP contribution is 2.37. The molecule has 1 heterocycles. The molecular weight excluding hydrogens is 325 g/mol. The molecule has 1 unspecified atom stereocenters. The lowest BCUT2D eigenvalue weighted by Gasteiger charge is -2.30. The molecule has 23 heavy (non-hydrogen) atoms. The zero-order valence-electron chi connectivity index (χ0n) is 12.7. The van der Waals surface area contributed by atoms with Crippen LogP contribution in [0.3, 0.4) is 0 Å². The van der Waals surface area contributed by atoms with Gasteiger partial charge in [-0.3, -0.25) is 4.79 Å². The van der Waals surface area contributed by atoms with E-state index in [1.54, 1.807) is 7.05 Å². The van der Waals surface area contributed by atoms with Crippen LogP contribution >= 0.6 is 11.3 Å².